The number of pyridine rings is 1. The second kappa shape index (κ2) is 5.01. The van der Waals surface area contributed by atoms with Gasteiger partial charge < -0.3 is 0 Å². The summed E-state index contributed by atoms with van der Waals surface area (Å²) in [6.07, 6.45) is -9.04. The first-order valence-corrected chi connectivity index (χ1v) is 5.49. The molecule has 1 aromatic heterocycles. The first kappa shape index (κ1) is 15.3. The lowest BCUT2D eigenvalue weighted by Gasteiger charge is -2.10. The zero-order valence-electron chi connectivity index (χ0n) is 10.1. The minimum Gasteiger partial charge on any atom is -0.253 e. The Hall–Kier alpha value is -2.12. The van der Waals surface area contributed by atoms with Crippen LogP contribution in [0, 0.1) is 5.82 Å². The number of alkyl halides is 6. The van der Waals surface area contributed by atoms with Gasteiger partial charge in [0.05, 0.1) is 11.1 Å². The molecule has 1 nitrogen and oxygen atoms in total. The summed E-state index contributed by atoms with van der Waals surface area (Å²) < 4.78 is 88.4. The second-order valence-electron chi connectivity index (χ2n) is 4.13. The fourth-order valence-electron chi connectivity index (χ4n) is 1.65. The van der Waals surface area contributed by atoms with Gasteiger partial charge in [-0.05, 0) is 18.2 Å². The number of hydrogen-bond acceptors (Lipinski definition) is 1. The molecule has 0 unspecified atom stereocenters. The number of halogens is 7. The van der Waals surface area contributed by atoms with E-state index in [2.05, 4.69) is 4.98 Å². The third-order valence-electron chi connectivity index (χ3n) is 2.63. The van der Waals surface area contributed by atoms with Crippen LogP contribution in [0.4, 0.5) is 30.7 Å². The molecule has 1 heterocycles. The van der Waals surface area contributed by atoms with Crippen molar-refractivity contribution in [1.29, 1.82) is 0 Å². The smallest absolute Gasteiger partial charge is 0.253 e. The molecule has 0 aliphatic heterocycles. The highest BCUT2D eigenvalue weighted by molar-refractivity contribution is 5.61. The Morgan fingerprint density at radius 1 is 0.810 bits per heavy atom. The van der Waals surface area contributed by atoms with E-state index in [1.807, 2.05) is 0 Å². The van der Waals surface area contributed by atoms with Gasteiger partial charge in [-0.25, -0.2) is 4.39 Å². The van der Waals surface area contributed by atoms with E-state index in [-0.39, 0.29) is 11.6 Å². The molecule has 1 aromatic carbocycles. The molecule has 0 radical (unpaired) electrons. The first-order chi connectivity index (χ1) is 9.59. The van der Waals surface area contributed by atoms with Crippen LogP contribution in [0.3, 0.4) is 0 Å². The van der Waals surface area contributed by atoms with E-state index in [9.17, 15) is 30.7 Å². The minimum absolute atomic E-state index is 0.197. The molecule has 0 amide bonds. The van der Waals surface area contributed by atoms with Gasteiger partial charge in [0, 0.05) is 11.8 Å². The second-order valence-corrected chi connectivity index (χ2v) is 4.13. The summed E-state index contributed by atoms with van der Waals surface area (Å²) in [5.41, 5.74) is -3.18. The van der Waals surface area contributed by atoms with Crippen molar-refractivity contribution in [1.82, 2.24) is 4.98 Å². The number of rotatable bonds is 1. The van der Waals surface area contributed by atoms with E-state index < -0.39 is 35.0 Å². The molecule has 0 fully saturated rings. The van der Waals surface area contributed by atoms with E-state index in [0.29, 0.717) is 12.3 Å². The Bertz CT molecular complexity index is 658. The van der Waals surface area contributed by atoms with Crippen molar-refractivity contribution >= 4 is 0 Å². The third kappa shape index (κ3) is 3.32. The highest BCUT2D eigenvalue weighted by Gasteiger charge is 2.33. The topological polar surface area (TPSA) is 12.9 Å². The Kier molecular flexibility index (Phi) is 3.65. The van der Waals surface area contributed by atoms with E-state index in [0.717, 1.165) is 18.2 Å². The number of hydrogen-bond donors (Lipinski definition) is 0. The van der Waals surface area contributed by atoms with Gasteiger partial charge in [-0.3, -0.25) is 4.98 Å². The van der Waals surface area contributed by atoms with Gasteiger partial charge in [-0.15, -0.1) is 0 Å². The number of benzene rings is 1. The molecule has 0 spiro atoms. The molecule has 0 bridgehead atoms. The van der Waals surface area contributed by atoms with E-state index in [1.165, 1.54) is 0 Å². The highest BCUT2D eigenvalue weighted by atomic mass is 19.4. The SMILES string of the molecule is Fc1cc(C(F)(F)F)cnc1-c1cccc(C(F)(F)F)c1. The van der Waals surface area contributed by atoms with Crippen LogP contribution < -0.4 is 0 Å². The van der Waals surface area contributed by atoms with Crippen molar-refractivity contribution in [2.45, 2.75) is 12.4 Å². The Labute approximate surface area is 114 Å². The van der Waals surface area contributed by atoms with Crippen molar-refractivity contribution in [3.8, 4) is 11.3 Å². The van der Waals surface area contributed by atoms with Gasteiger partial charge >= 0.3 is 12.4 Å². The molecule has 8 heteroatoms. The molecule has 0 saturated heterocycles. The van der Waals surface area contributed by atoms with Gasteiger partial charge in [0.1, 0.15) is 11.5 Å². The maximum absolute atomic E-state index is 13.7. The van der Waals surface area contributed by atoms with Crippen molar-refractivity contribution < 1.29 is 30.7 Å². The van der Waals surface area contributed by atoms with Crippen LogP contribution in [0.25, 0.3) is 11.3 Å². The maximum atomic E-state index is 13.7. The third-order valence-corrected chi connectivity index (χ3v) is 2.63. The summed E-state index contributed by atoms with van der Waals surface area (Å²) >= 11 is 0. The minimum atomic E-state index is -4.78. The molecule has 2 rings (SSSR count). The van der Waals surface area contributed by atoms with Crippen LogP contribution in [0.2, 0.25) is 0 Å². The quantitative estimate of drug-likeness (QED) is 0.681. The number of aromatic nitrogens is 1. The molecule has 21 heavy (non-hydrogen) atoms. The Balaban J connectivity index is 2.48. The van der Waals surface area contributed by atoms with Gasteiger partial charge in [0.15, 0.2) is 0 Å². The fourth-order valence-corrected chi connectivity index (χ4v) is 1.65. The summed E-state index contributed by atoms with van der Waals surface area (Å²) in [6, 6.07) is 3.75. The first-order valence-electron chi connectivity index (χ1n) is 5.49. The van der Waals surface area contributed by atoms with E-state index in [1.54, 1.807) is 0 Å². The van der Waals surface area contributed by atoms with Crippen molar-refractivity contribution in [3.63, 3.8) is 0 Å². The zero-order valence-corrected chi connectivity index (χ0v) is 10.1. The van der Waals surface area contributed by atoms with Gasteiger partial charge in [-0.2, -0.15) is 26.3 Å². The van der Waals surface area contributed by atoms with Crippen LogP contribution in [0.1, 0.15) is 11.1 Å². The summed E-state index contributed by atoms with van der Waals surface area (Å²) in [4.78, 5) is 3.28. The van der Waals surface area contributed by atoms with Crippen LogP contribution in [-0.4, -0.2) is 4.98 Å². The molecule has 0 aliphatic carbocycles. The normalized spacial score (nSPS) is 12.5. The predicted octanol–water partition coefficient (Wildman–Crippen LogP) is 4.93. The monoisotopic (exact) mass is 309 g/mol. The Morgan fingerprint density at radius 3 is 1.95 bits per heavy atom. The zero-order chi connectivity index (χ0) is 15.8. The molecular weight excluding hydrogens is 303 g/mol. The van der Waals surface area contributed by atoms with Crippen LogP contribution in [0.5, 0.6) is 0 Å². The van der Waals surface area contributed by atoms with Gasteiger partial charge in [0.2, 0.25) is 0 Å². The average molecular weight is 309 g/mol. The molecule has 112 valence electrons. The molecule has 0 saturated carbocycles. The fraction of sp³-hybridized carbons (Fsp3) is 0.154. The lowest BCUT2D eigenvalue weighted by atomic mass is 10.1. The maximum Gasteiger partial charge on any atom is 0.417 e. The molecule has 0 aliphatic rings. The lowest BCUT2D eigenvalue weighted by molar-refractivity contribution is -0.138. The molecule has 2 aromatic rings. The van der Waals surface area contributed by atoms with Crippen molar-refractivity contribution in [3.05, 3.63) is 53.5 Å². The molecule has 0 atom stereocenters. The van der Waals surface area contributed by atoms with Crippen LogP contribution in [0.15, 0.2) is 36.5 Å². The van der Waals surface area contributed by atoms with E-state index >= 15 is 0 Å². The summed E-state index contributed by atoms with van der Waals surface area (Å²) in [7, 11) is 0. The van der Waals surface area contributed by atoms with Crippen LogP contribution >= 0.6 is 0 Å². The lowest BCUT2D eigenvalue weighted by Crippen LogP contribution is -2.07. The summed E-state index contributed by atoms with van der Waals surface area (Å²) in [5.74, 6) is -1.34. The predicted molar refractivity (Wildman–Crippen MR) is 59.6 cm³/mol. The van der Waals surface area contributed by atoms with Crippen molar-refractivity contribution in [2.24, 2.45) is 0 Å². The van der Waals surface area contributed by atoms with Crippen LogP contribution in [-0.2, 0) is 12.4 Å². The molecular formula is C13H6F7N. The van der Waals surface area contributed by atoms with E-state index in [4.69, 9.17) is 0 Å². The average Bonchev–Trinajstić information content (AvgIpc) is 2.36. The largest absolute Gasteiger partial charge is 0.417 e. The van der Waals surface area contributed by atoms with Gasteiger partial charge in [-0.1, -0.05) is 12.1 Å². The number of nitrogens with zero attached hydrogens (tertiary/aromatic N) is 1. The summed E-state index contributed by atoms with van der Waals surface area (Å²) in [6.45, 7) is 0. The summed E-state index contributed by atoms with van der Waals surface area (Å²) in [5, 5.41) is 0. The highest BCUT2D eigenvalue weighted by Crippen LogP contribution is 2.34. The molecule has 0 N–H and O–H groups in total. The van der Waals surface area contributed by atoms with Crippen molar-refractivity contribution in [2.75, 3.05) is 0 Å². The standard InChI is InChI=1S/C13H6F7N/c14-10-5-9(13(18,19)20)6-21-11(10)7-2-1-3-8(4-7)12(15,16)17/h1-6H. The van der Waals surface area contributed by atoms with Gasteiger partial charge in [0.25, 0.3) is 0 Å². The Morgan fingerprint density at radius 2 is 1.43 bits per heavy atom.